The quantitative estimate of drug-likeness (QED) is 0.212. The Morgan fingerprint density at radius 2 is 0.667 bits per heavy atom. The Morgan fingerprint density at radius 1 is 0.405 bits per heavy atom. The second-order valence-corrected chi connectivity index (χ2v) is 8.35. The first kappa shape index (κ1) is 29.5. The van der Waals surface area contributed by atoms with Crippen LogP contribution in [0.15, 0.2) is 69.6 Å². The van der Waals surface area contributed by atoms with Crippen LogP contribution in [0.3, 0.4) is 0 Å². The summed E-state index contributed by atoms with van der Waals surface area (Å²) in [5.41, 5.74) is 2.25. The van der Waals surface area contributed by atoms with Crippen molar-refractivity contribution in [2.45, 2.75) is 0 Å². The molecule has 0 aliphatic heterocycles. The Labute approximate surface area is 243 Å². The highest BCUT2D eigenvalue weighted by atomic mass is 16.5. The number of aliphatic imine (C=N–C) groups is 3. The summed E-state index contributed by atoms with van der Waals surface area (Å²) in [5.74, 6) is 3.85. The normalized spacial score (nSPS) is 11.3. The first-order chi connectivity index (χ1) is 20.5. The highest BCUT2D eigenvalue weighted by Crippen LogP contribution is 2.29. The molecule has 42 heavy (non-hydrogen) atoms. The van der Waals surface area contributed by atoms with Crippen LogP contribution in [0.1, 0.15) is 16.7 Å². The first-order valence-corrected chi connectivity index (χ1v) is 12.5. The maximum absolute atomic E-state index is 5.38. The van der Waals surface area contributed by atoms with Crippen LogP contribution in [0.5, 0.6) is 34.5 Å². The number of hydrogen-bond acceptors (Lipinski definition) is 12. The first-order valence-electron chi connectivity index (χ1n) is 12.5. The van der Waals surface area contributed by atoms with Crippen molar-refractivity contribution < 1.29 is 28.4 Å². The SMILES string of the molecule is COc1ccc(/C=N/c2nc(/N=C/c3ccc(OC)c(OC)c3)nc(/N=C/c3ccc(OC)c(OC)c3)n2)cc1OC. The molecule has 0 aliphatic carbocycles. The monoisotopic (exact) mass is 570 g/mol. The molecule has 1 heterocycles. The number of rotatable bonds is 12. The number of methoxy groups -OCH3 is 6. The van der Waals surface area contributed by atoms with E-state index in [-0.39, 0.29) is 17.8 Å². The molecule has 0 aliphatic rings. The van der Waals surface area contributed by atoms with E-state index in [1.54, 1.807) is 97.7 Å². The van der Waals surface area contributed by atoms with Gasteiger partial charge in [-0.2, -0.15) is 15.0 Å². The van der Waals surface area contributed by atoms with Crippen LogP contribution in [0.25, 0.3) is 0 Å². The molecule has 12 nitrogen and oxygen atoms in total. The van der Waals surface area contributed by atoms with Crippen molar-refractivity contribution in [2.24, 2.45) is 15.0 Å². The minimum Gasteiger partial charge on any atom is -0.493 e. The summed E-state index contributed by atoms with van der Waals surface area (Å²) >= 11 is 0. The van der Waals surface area contributed by atoms with Crippen LogP contribution in [-0.4, -0.2) is 76.3 Å². The molecule has 1 aromatic heterocycles. The molecule has 0 amide bonds. The van der Waals surface area contributed by atoms with Gasteiger partial charge in [-0.1, -0.05) is 0 Å². The molecule has 0 spiro atoms. The number of ether oxygens (including phenoxy) is 6. The second kappa shape index (κ2) is 14.2. The van der Waals surface area contributed by atoms with Gasteiger partial charge in [-0.3, -0.25) is 0 Å². The van der Waals surface area contributed by atoms with Gasteiger partial charge in [-0.15, -0.1) is 0 Å². The summed E-state index contributed by atoms with van der Waals surface area (Å²) in [6.07, 6.45) is 4.79. The average Bonchev–Trinajstić information content (AvgIpc) is 3.04. The van der Waals surface area contributed by atoms with Crippen molar-refractivity contribution >= 4 is 36.5 Å². The molecule has 216 valence electrons. The maximum atomic E-state index is 5.38. The molecule has 12 heteroatoms. The molecule has 0 bridgehead atoms. The fourth-order valence-electron chi connectivity index (χ4n) is 3.71. The summed E-state index contributed by atoms with van der Waals surface area (Å²) < 4.78 is 32.0. The molecule has 0 N–H and O–H groups in total. The molecule has 0 unspecified atom stereocenters. The lowest BCUT2D eigenvalue weighted by molar-refractivity contribution is 0.355. The molecular formula is C30H30N6O6. The lowest BCUT2D eigenvalue weighted by Gasteiger charge is -2.07. The van der Waals surface area contributed by atoms with E-state index in [1.807, 2.05) is 18.2 Å². The molecule has 0 radical (unpaired) electrons. The van der Waals surface area contributed by atoms with E-state index >= 15 is 0 Å². The summed E-state index contributed by atoms with van der Waals surface area (Å²) in [5, 5.41) is 0. The van der Waals surface area contributed by atoms with Crippen LogP contribution in [0.4, 0.5) is 17.8 Å². The van der Waals surface area contributed by atoms with Crippen LogP contribution >= 0.6 is 0 Å². The zero-order valence-corrected chi connectivity index (χ0v) is 24.1. The van der Waals surface area contributed by atoms with Gasteiger partial charge in [-0.25, -0.2) is 15.0 Å². The van der Waals surface area contributed by atoms with E-state index in [9.17, 15) is 0 Å². The molecule has 3 aromatic carbocycles. The molecular weight excluding hydrogens is 540 g/mol. The fourth-order valence-corrected chi connectivity index (χ4v) is 3.71. The third-order valence-corrected chi connectivity index (χ3v) is 5.81. The number of nitrogens with zero attached hydrogens (tertiary/aromatic N) is 6. The average molecular weight is 571 g/mol. The van der Waals surface area contributed by atoms with Crippen LogP contribution in [-0.2, 0) is 0 Å². The molecule has 0 saturated heterocycles. The fraction of sp³-hybridized carbons (Fsp3) is 0.200. The Kier molecular flexibility index (Phi) is 9.97. The lowest BCUT2D eigenvalue weighted by atomic mass is 10.2. The van der Waals surface area contributed by atoms with Gasteiger partial charge in [0.05, 0.1) is 42.7 Å². The lowest BCUT2D eigenvalue weighted by Crippen LogP contribution is -1.94. The molecule has 4 aromatic rings. The Morgan fingerprint density at radius 3 is 0.905 bits per heavy atom. The zero-order chi connectivity index (χ0) is 29.9. The van der Waals surface area contributed by atoms with Gasteiger partial charge in [0.25, 0.3) is 17.8 Å². The Hall–Kier alpha value is -5.52. The smallest absolute Gasteiger partial charge is 0.256 e. The summed E-state index contributed by atoms with van der Waals surface area (Å²) in [4.78, 5) is 26.4. The van der Waals surface area contributed by atoms with E-state index in [0.29, 0.717) is 34.5 Å². The van der Waals surface area contributed by atoms with Gasteiger partial charge < -0.3 is 28.4 Å². The predicted octanol–water partition coefficient (Wildman–Crippen LogP) is 5.18. The molecule has 0 saturated carbocycles. The van der Waals surface area contributed by atoms with Crippen molar-refractivity contribution in [2.75, 3.05) is 42.7 Å². The Balaban J connectivity index is 1.69. The van der Waals surface area contributed by atoms with Crippen molar-refractivity contribution in [3.8, 4) is 34.5 Å². The van der Waals surface area contributed by atoms with Crippen molar-refractivity contribution in [3.05, 3.63) is 71.3 Å². The van der Waals surface area contributed by atoms with Crippen molar-refractivity contribution in [1.82, 2.24) is 15.0 Å². The van der Waals surface area contributed by atoms with E-state index < -0.39 is 0 Å². The molecule has 4 rings (SSSR count). The van der Waals surface area contributed by atoms with Crippen LogP contribution < -0.4 is 28.4 Å². The number of hydrogen-bond donors (Lipinski definition) is 0. The zero-order valence-electron chi connectivity index (χ0n) is 24.1. The van der Waals surface area contributed by atoms with Crippen LogP contribution in [0.2, 0.25) is 0 Å². The third-order valence-electron chi connectivity index (χ3n) is 5.81. The second-order valence-electron chi connectivity index (χ2n) is 8.35. The van der Waals surface area contributed by atoms with Gasteiger partial charge in [0.1, 0.15) is 0 Å². The number of aromatic nitrogens is 3. The topological polar surface area (TPSA) is 131 Å². The summed E-state index contributed by atoms with van der Waals surface area (Å²) in [7, 11) is 9.42. The van der Waals surface area contributed by atoms with Gasteiger partial charge in [0, 0.05) is 18.6 Å². The standard InChI is InChI=1S/C30H30N6O6/c1-37-22-10-7-19(13-25(22)40-4)16-31-28-34-29(32-17-20-8-11-23(38-2)26(14-20)41-5)36-30(35-28)33-18-21-9-12-24(39-3)27(15-21)42-6/h7-18H,1-6H3/b31-16+,32-17+,33-18+. The molecule has 0 fully saturated rings. The minimum absolute atomic E-state index is 0.110. The van der Waals surface area contributed by atoms with Crippen molar-refractivity contribution in [1.29, 1.82) is 0 Å². The van der Waals surface area contributed by atoms with E-state index in [1.165, 1.54) is 0 Å². The van der Waals surface area contributed by atoms with Gasteiger partial charge in [0.15, 0.2) is 34.5 Å². The third kappa shape index (κ3) is 7.36. The minimum atomic E-state index is 0.110. The summed E-state index contributed by atoms with van der Waals surface area (Å²) in [6.45, 7) is 0. The molecule has 0 atom stereocenters. The highest BCUT2D eigenvalue weighted by molar-refractivity contribution is 5.84. The summed E-state index contributed by atoms with van der Waals surface area (Å²) in [6, 6.07) is 16.2. The van der Waals surface area contributed by atoms with E-state index in [2.05, 4.69) is 29.9 Å². The highest BCUT2D eigenvalue weighted by Gasteiger charge is 2.08. The van der Waals surface area contributed by atoms with Gasteiger partial charge in [-0.05, 0) is 71.3 Å². The maximum Gasteiger partial charge on any atom is 0.256 e. The van der Waals surface area contributed by atoms with E-state index in [0.717, 1.165) is 16.7 Å². The van der Waals surface area contributed by atoms with Gasteiger partial charge in [0.2, 0.25) is 0 Å². The number of benzene rings is 3. The largest absolute Gasteiger partial charge is 0.493 e. The Bertz CT molecular complexity index is 1420. The van der Waals surface area contributed by atoms with E-state index in [4.69, 9.17) is 28.4 Å². The van der Waals surface area contributed by atoms with Crippen molar-refractivity contribution in [3.63, 3.8) is 0 Å². The van der Waals surface area contributed by atoms with Gasteiger partial charge >= 0.3 is 0 Å². The predicted molar refractivity (Wildman–Crippen MR) is 160 cm³/mol. The van der Waals surface area contributed by atoms with Crippen LogP contribution in [0, 0.1) is 0 Å².